The molecule has 1 amide bonds. The van der Waals surface area contributed by atoms with Gasteiger partial charge in [0.05, 0.1) is 0 Å². The van der Waals surface area contributed by atoms with E-state index in [4.69, 9.17) is 0 Å². The van der Waals surface area contributed by atoms with Gasteiger partial charge in [-0.1, -0.05) is 12.1 Å². The van der Waals surface area contributed by atoms with Crippen molar-refractivity contribution in [2.45, 2.75) is 19.4 Å². The van der Waals surface area contributed by atoms with Crippen LogP contribution in [0.5, 0.6) is 5.75 Å². The van der Waals surface area contributed by atoms with Crippen LogP contribution in [-0.2, 0) is 4.79 Å². The Bertz CT molecular complexity index is 712. The zero-order valence-corrected chi connectivity index (χ0v) is 13.6. The van der Waals surface area contributed by atoms with Gasteiger partial charge in [0.2, 0.25) is 5.91 Å². The lowest BCUT2D eigenvalue weighted by atomic mass is 10.0. The Morgan fingerprint density at radius 2 is 1.83 bits per heavy atom. The number of hydrogen-bond donors (Lipinski definition) is 2. The van der Waals surface area contributed by atoms with Gasteiger partial charge in [-0.25, -0.2) is 9.37 Å². The molecule has 23 heavy (non-hydrogen) atoms. The molecular weight excluding hydrogens is 297 g/mol. The molecule has 0 aliphatic heterocycles. The Labute approximate surface area is 134 Å². The lowest BCUT2D eigenvalue weighted by molar-refractivity contribution is -0.132. The summed E-state index contributed by atoms with van der Waals surface area (Å²) in [6, 6.07) is 7.43. The van der Waals surface area contributed by atoms with Gasteiger partial charge in [-0.05, 0) is 37.6 Å². The quantitative estimate of drug-likeness (QED) is 0.910. The first-order chi connectivity index (χ1) is 10.7. The Morgan fingerprint density at radius 3 is 2.35 bits per heavy atom. The van der Waals surface area contributed by atoms with Crippen molar-refractivity contribution >= 4 is 11.7 Å². The van der Waals surface area contributed by atoms with Crippen LogP contribution >= 0.6 is 0 Å². The number of aromatic nitrogens is 1. The highest BCUT2D eigenvalue weighted by Crippen LogP contribution is 2.29. The number of rotatable bonds is 4. The van der Waals surface area contributed by atoms with Crippen molar-refractivity contribution in [2.24, 2.45) is 0 Å². The molecule has 0 saturated heterocycles. The van der Waals surface area contributed by atoms with E-state index in [0.29, 0.717) is 5.56 Å². The lowest BCUT2D eigenvalue weighted by Crippen LogP contribution is -2.47. The van der Waals surface area contributed by atoms with E-state index in [2.05, 4.69) is 10.3 Å². The van der Waals surface area contributed by atoms with Crippen LogP contribution in [-0.4, -0.2) is 40.5 Å². The molecule has 1 aromatic heterocycles. The number of carbonyl (C=O) groups excluding carboxylic acids is 1. The second kappa shape index (κ2) is 6.24. The van der Waals surface area contributed by atoms with Gasteiger partial charge in [0.25, 0.3) is 0 Å². The monoisotopic (exact) mass is 317 g/mol. The van der Waals surface area contributed by atoms with Gasteiger partial charge < -0.3 is 15.3 Å². The van der Waals surface area contributed by atoms with Crippen molar-refractivity contribution in [2.75, 3.05) is 19.4 Å². The number of likely N-dealkylation sites (N-methyl/N-ethyl adjacent to an activating group) is 1. The van der Waals surface area contributed by atoms with Crippen LogP contribution in [0.4, 0.5) is 10.2 Å². The van der Waals surface area contributed by atoms with Crippen LogP contribution in [0.2, 0.25) is 0 Å². The molecule has 0 fully saturated rings. The predicted octanol–water partition coefficient (Wildman–Crippen LogP) is 2.87. The van der Waals surface area contributed by atoms with Crippen LogP contribution in [0.1, 0.15) is 13.8 Å². The van der Waals surface area contributed by atoms with Gasteiger partial charge in [-0.2, -0.15) is 0 Å². The van der Waals surface area contributed by atoms with E-state index in [-0.39, 0.29) is 23.3 Å². The van der Waals surface area contributed by atoms with Crippen LogP contribution in [0.3, 0.4) is 0 Å². The number of aromatic hydroxyl groups is 1. The molecule has 2 rings (SSSR count). The first-order valence-electron chi connectivity index (χ1n) is 7.15. The Hall–Kier alpha value is -2.63. The normalized spacial score (nSPS) is 11.2. The number of anilines is 1. The zero-order chi connectivity index (χ0) is 17.2. The summed E-state index contributed by atoms with van der Waals surface area (Å²) < 4.78 is 13.0. The molecule has 0 radical (unpaired) electrons. The maximum Gasteiger partial charge on any atom is 0.247 e. The topological polar surface area (TPSA) is 65.5 Å². The molecule has 6 heteroatoms. The number of nitrogens with one attached hydrogen (secondary N) is 1. The third-order valence-electron chi connectivity index (χ3n) is 3.42. The molecule has 0 aliphatic rings. The fourth-order valence-corrected chi connectivity index (χ4v) is 2.26. The summed E-state index contributed by atoms with van der Waals surface area (Å²) in [5.41, 5.74) is 0.486. The Balaban J connectivity index is 2.26. The molecule has 122 valence electrons. The maximum atomic E-state index is 13.0. The predicted molar refractivity (Wildman–Crippen MR) is 87.7 cm³/mol. The number of hydrogen-bond acceptors (Lipinski definition) is 4. The molecule has 0 saturated carbocycles. The summed E-state index contributed by atoms with van der Waals surface area (Å²) in [7, 11) is 3.33. The van der Waals surface area contributed by atoms with Gasteiger partial charge >= 0.3 is 0 Å². The van der Waals surface area contributed by atoms with E-state index < -0.39 is 5.54 Å². The summed E-state index contributed by atoms with van der Waals surface area (Å²) in [6.45, 7) is 3.43. The first-order valence-corrected chi connectivity index (χ1v) is 7.15. The molecule has 1 heterocycles. The van der Waals surface area contributed by atoms with Gasteiger partial charge in [-0.15, -0.1) is 0 Å². The van der Waals surface area contributed by atoms with Crippen LogP contribution in [0.15, 0.2) is 36.5 Å². The third kappa shape index (κ3) is 3.77. The minimum atomic E-state index is -0.911. The summed E-state index contributed by atoms with van der Waals surface area (Å²) in [4.78, 5) is 17.8. The molecule has 0 bridgehead atoms. The largest absolute Gasteiger partial charge is 0.504 e. The average molecular weight is 317 g/mol. The smallest absolute Gasteiger partial charge is 0.247 e. The van der Waals surface area contributed by atoms with Crippen molar-refractivity contribution in [3.8, 4) is 16.9 Å². The van der Waals surface area contributed by atoms with Crippen LogP contribution in [0.25, 0.3) is 11.1 Å². The van der Waals surface area contributed by atoms with Gasteiger partial charge in [0.1, 0.15) is 11.4 Å². The van der Waals surface area contributed by atoms with E-state index >= 15 is 0 Å². The SMILES string of the molecule is CN(C)C(=O)C(C)(C)Nc1ncc(-c2ccc(F)cc2)cc1O. The fraction of sp³-hybridized carbons (Fsp3) is 0.294. The van der Waals surface area contributed by atoms with Crippen molar-refractivity contribution in [3.05, 3.63) is 42.3 Å². The summed E-state index contributed by atoms with van der Waals surface area (Å²) in [5, 5.41) is 13.1. The van der Waals surface area contributed by atoms with Crippen molar-refractivity contribution in [1.29, 1.82) is 0 Å². The minimum absolute atomic E-state index is 0.0774. The van der Waals surface area contributed by atoms with Gasteiger partial charge in [-0.3, -0.25) is 4.79 Å². The molecule has 0 spiro atoms. The lowest BCUT2D eigenvalue weighted by Gasteiger charge is -2.29. The minimum Gasteiger partial charge on any atom is -0.504 e. The van der Waals surface area contributed by atoms with E-state index in [1.165, 1.54) is 23.1 Å². The van der Waals surface area contributed by atoms with E-state index in [9.17, 15) is 14.3 Å². The molecule has 1 aromatic carbocycles. The first kappa shape index (κ1) is 16.7. The van der Waals surface area contributed by atoms with Crippen molar-refractivity contribution < 1.29 is 14.3 Å². The number of amides is 1. The summed E-state index contributed by atoms with van der Waals surface area (Å²) in [5.74, 6) is -0.322. The fourth-order valence-electron chi connectivity index (χ4n) is 2.26. The molecular formula is C17H20FN3O2. The zero-order valence-electron chi connectivity index (χ0n) is 13.6. The van der Waals surface area contributed by atoms with E-state index in [1.807, 2.05) is 0 Å². The summed E-state index contributed by atoms with van der Waals surface area (Å²) in [6.07, 6.45) is 1.56. The Kier molecular flexibility index (Phi) is 4.54. The molecule has 5 nitrogen and oxygen atoms in total. The van der Waals surface area contributed by atoms with E-state index in [1.54, 1.807) is 46.3 Å². The van der Waals surface area contributed by atoms with Gasteiger partial charge in [0, 0.05) is 25.9 Å². The molecule has 0 atom stereocenters. The number of carbonyl (C=O) groups is 1. The van der Waals surface area contributed by atoms with Crippen molar-refractivity contribution in [3.63, 3.8) is 0 Å². The average Bonchev–Trinajstić information content (AvgIpc) is 2.49. The van der Waals surface area contributed by atoms with E-state index in [0.717, 1.165) is 5.56 Å². The number of benzene rings is 1. The maximum absolute atomic E-state index is 13.0. The Morgan fingerprint density at radius 1 is 1.22 bits per heavy atom. The highest BCUT2D eigenvalue weighted by atomic mass is 19.1. The number of halogens is 1. The molecule has 2 aromatic rings. The highest BCUT2D eigenvalue weighted by molar-refractivity contribution is 5.88. The molecule has 2 N–H and O–H groups in total. The third-order valence-corrected chi connectivity index (χ3v) is 3.42. The second-order valence-corrected chi connectivity index (χ2v) is 6.05. The molecule has 0 unspecified atom stereocenters. The highest BCUT2D eigenvalue weighted by Gasteiger charge is 2.30. The van der Waals surface area contributed by atoms with Crippen LogP contribution < -0.4 is 5.32 Å². The molecule has 0 aliphatic carbocycles. The van der Waals surface area contributed by atoms with Gasteiger partial charge in [0.15, 0.2) is 11.6 Å². The van der Waals surface area contributed by atoms with Crippen LogP contribution in [0, 0.1) is 5.82 Å². The van der Waals surface area contributed by atoms with Crippen molar-refractivity contribution in [1.82, 2.24) is 9.88 Å². The summed E-state index contributed by atoms with van der Waals surface area (Å²) >= 11 is 0. The number of nitrogens with zero attached hydrogens (tertiary/aromatic N) is 2. The standard InChI is InChI=1S/C17H20FN3O2/c1-17(2,16(23)21(3)4)20-15-14(22)9-12(10-19-15)11-5-7-13(18)8-6-11/h5-10,22H,1-4H3,(H,19,20). The second-order valence-electron chi connectivity index (χ2n) is 6.05. The number of pyridine rings is 1.